The topological polar surface area (TPSA) is 45.2 Å². The summed E-state index contributed by atoms with van der Waals surface area (Å²) in [7, 11) is 0. The molecule has 2 aliphatic rings. The number of nitrogens with zero attached hydrogens (tertiary/aromatic N) is 2. The molecule has 1 atom stereocenters. The Labute approximate surface area is 184 Å². The molecule has 2 heterocycles. The molecule has 1 aliphatic heterocycles. The second-order valence-corrected chi connectivity index (χ2v) is 8.99. The van der Waals surface area contributed by atoms with Crippen molar-refractivity contribution in [1.82, 2.24) is 15.2 Å². The van der Waals surface area contributed by atoms with Gasteiger partial charge in [0.15, 0.2) is 0 Å². The molecule has 1 aliphatic carbocycles. The second-order valence-electron chi connectivity index (χ2n) is 8.99. The normalized spacial score (nSPS) is 19.8. The zero-order valence-corrected chi connectivity index (χ0v) is 17.8. The molecule has 5 rings (SSSR count). The van der Waals surface area contributed by atoms with Gasteiger partial charge in [-0.05, 0) is 60.7 Å². The number of likely N-dealkylation sites (tertiary alicyclic amines) is 1. The lowest BCUT2D eigenvalue weighted by atomic mass is 9.73. The number of piperidine rings is 1. The van der Waals surface area contributed by atoms with E-state index in [4.69, 9.17) is 0 Å². The first-order valence-corrected chi connectivity index (χ1v) is 11.3. The number of hydrogen-bond acceptors (Lipinski definition) is 3. The summed E-state index contributed by atoms with van der Waals surface area (Å²) in [6, 6.07) is 23.0. The van der Waals surface area contributed by atoms with E-state index in [2.05, 4.69) is 45.5 Å². The molecule has 1 amide bonds. The van der Waals surface area contributed by atoms with Crippen molar-refractivity contribution < 1.29 is 4.79 Å². The molecule has 2 aromatic carbocycles. The van der Waals surface area contributed by atoms with Gasteiger partial charge in [-0.15, -0.1) is 0 Å². The molecule has 31 heavy (non-hydrogen) atoms. The molecule has 1 unspecified atom stereocenters. The second kappa shape index (κ2) is 8.64. The summed E-state index contributed by atoms with van der Waals surface area (Å²) in [5.74, 6) is 0.108. The van der Waals surface area contributed by atoms with Crippen molar-refractivity contribution >= 4 is 5.91 Å². The lowest BCUT2D eigenvalue weighted by molar-refractivity contribution is -0.121. The van der Waals surface area contributed by atoms with Gasteiger partial charge in [0.25, 0.3) is 0 Å². The number of benzene rings is 2. The third kappa shape index (κ3) is 4.26. The fraction of sp³-hybridized carbons (Fsp3) is 0.333. The van der Waals surface area contributed by atoms with Crippen LogP contribution in [-0.4, -0.2) is 28.9 Å². The minimum Gasteiger partial charge on any atom is -0.349 e. The number of amides is 1. The van der Waals surface area contributed by atoms with Gasteiger partial charge in [-0.25, -0.2) is 0 Å². The predicted octanol–water partition coefficient (Wildman–Crippen LogP) is 4.42. The molecule has 1 spiro atoms. The summed E-state index contributed by atoms with van der Waals surface area (Å²) in [5.41, 5.74) is 5.26. The van der Waals surface area contributed by atoms with E-state index in [-0.39, 0.29) is 17.4 Å². The molecule has 1 aromatic heterocycles. The Kier molecular flexibility index (Phi) is 5.56. The van der Waals surface area contributed by atoms with E-state index in [9.17, 15) is 4.79 Å². The third-order valence-corrected chi connectivity index (χ3v) is 6.99. The Morgan fingerprint density at radius 1 is 0.968 bits per heavy atom. The minimum atomic E-state index is 0.108. The summed E-state index contributed by atoms with van der Waals surface area (Å²) in [6.45, 7) is 3.12. The van der Waals surface area contributed by atoms with Gasteiger partial charge in [-0.3, -0.25) is 14.7 Å². The van der Waals surface area contributed by atoms with Gasteiger partial charge in [-0.2, -0.15) is 0 Å². The Morgan fingerprint density at radius 3 is 2.48 bits per heavy atom. The first-order valence-electron chi connectivity index (χ1n) is 11.3. The van der Waals surface area contributed by atoms with Gasteiger partial charge in [0.1, 0.15) is 0 Å². The van der Waals surface area contributed by atoms with Crippen molar-refractivity contribution in [3.05, 3.63) is 101 Å². The van der Waals surface area contributed by atoms with Crippen LogP contribution in [0.4, 0.5) is 0 Å². The van der Waals surface area contributed by atoms with Gasteiger partial charge in [-0.1, -0.05) is 60.7 Å². The van der Waals surface area contributed by atoms with E-state index in [1.54, 1.807) is 0 Å². The van der Waals surface area contributed by atoms with Crippen molar-refractivity contribution in [2.75, 3.05) is 13.1 Å². The van der Waals surface area contributed by atoms with Crippen LogP contribution in [0.25, 0.3) is 0 Å². The molecule has 1 saturated heterocycles. The van der Waals surface area contributed by atoms with Crippen LogP contribution in [0.15, 0.2) is 79.1 Å². The largest absolute Gasteiger partial charge is 0.349 e. The molecule has 1 N–H and O–H groups in total. The molecule has 4 heteroatoms. The van der Waals surface area contributed by atoms with E-state index in [1.807, 2.05) is 48.8 Å². The highest BCUT2D eigenvalue weighted by molar-refractivity contribution is 5.79. The highest BCUT2D eigenvalue weighted by Gasteiger charge is 2.45. The molecule has 0 saturated carbocycles. The van der Waals surface area contributed by atoms with E-state index >= 15 is 0 Å². The van der Waals surface area contributed by atoms with E-state index in [1.165, 1.54) is 16.7 Å². The van der Waals surface area contributed by atoms with Crippen LogP contribution in [0.2, 0.25) is 0 Å². The molecule has 1 fully saturated rings. The molecule has 0 radical (unpaired) electrons. The van der Waals surface area contributed by atoms with E-state index < -0.39 is 0 Å². The number of carbonyl (C=O) groups excluding carboxylic acids is 1. The van der Waals surface area contributed by atoms with Gasteiger partial charge in [0.2, 0.25) is 5.91 Å². The number of hydrogen-bond donors (Lipinski definition) is 1. The lowest BCUT2D eigenvalue weighted by Crippen LogP contribution is -2.41. The molecule has 0 bridgehead atoms. The number of aromatic nitrogens is 1. The SMILES string of the molecule is O=C(Cc1ccccc1)NC1CC2(CCN(Cc3cccnc3)CC2)c2ccccc21. The third-order valence-electron chi connectivity index (χ3n) is 6.99. The Bertz CT molecular complexity index is 1030. The van der Waals surface area contributed by atoms with Crippen LogP contribution in [-0.2, 0) is 23.2 Å². The molecule has 3 aromatic rings. The predicted molar refractivity (Wildman–Crippen MR) is 123 cm³/mol. The zero-order chi connectivity index (χ0) is 21.1. The number of nitrogens with one attached hydrogen (secondary N) is 1. The molecular formula is C27H29N3O. The van der Waals surface area contributed by atoms with Crippen molar-refractivity contribution in [2.24, 2.45) is 0 Å². The number of rotatable bonds is 5. The Balaban J connectivity index is 1.27. The fourth-order valence-corrected chi connectivity index (χ4v) is 5.41. The van der Waals surface area contributed by atoms with Crippen LogP contribution in [0.1, 0.15) is 47.6 Å². The highest BCUT2D eigenvalue weighted by atomic mass is 16.1. The van der Waals surface area contributed by atoms with Crippen LogP contribution >= 0.6 is 0 Å². The standard InChI is InChI=1S/C27H29N3O/c31-26(17-21-7-2-1-3-8-21)29-25-18-27(24-11-5-4-10-23(24)25)12-15-30(16-13-27)20-22-9-6-14-28-19-22/h1-11,14,19,25H,12-13,15-18,20H2,(H,29,31). The highest BCUT2D eigenvalue weighted by Crippen LogP contribution is 2.50. The van der Waals surface area contributed by atoms with Crippen molar-refractivity contribution in [3.63, 3.8) is 0 Å². The first kappa shape index (κ1) is 20.0. The summed E-state index contributed by atoms with van der Waals surface area (Å²) in [6.07, 6.45) is 7.51. The van der Waals surface area contributed by atoms with Crippen LogP contribution in [0, 0.1) is 0 Å². The summed E-state index contributed by atoms with van der Waals surface area (Å²) in [5, 5.41) is 3.35. The monoisotopic (exact) mass is 411 g/mol. The number of fused-ring (bicyclic) bond motifs is 2. The molecule has 158 valence electrons. The Morgan fingerprint density at radius 2 is 1.71 bits per heavy atom. The van der Waals surface area contributed by atoms with E-state index in [0.717, 1.165) is 44.5 Å². The maximum atomic E-state index is 12.8. The Hall–Kier alpha value is -2.98. The van der Waals surface area contributed by atoms with Crippen molar-refractivity contribution in [3.8, 4) is 0 Å². The van der Waals surface area contributed by atoms with Crippen LogP contribution in [0.3, 0.4) is 0 Å². The minimum absolute atomic E-state index is 0.108. The first-order chi connectivity index (χ1) is 15.2. The van der Waals surface area contributed by atoms with E-state index in [0.29, 0.717) is 6.42 Å². The zero-order valence-electron chi connectivity index (χ0n) is 17.8. The van der Waals surface area contributed by atoms with Gasteiger partial charge in [0.05, 0.1) is 12.5 Å². The van der Waals surface area contributed by atoms with Gasteiger partial charge >= 0.3 is 0 Å². The molecule has 4 nitrogen and oxygen atoms in total. The molecular weight excluding hydrogens is 382 g/mol. The maximum absolute atomic E-state index is 12.8. The average molecular weight is 412 g/mol. The van der Waals surface area contributed by atoms with Gasteiger partial charge in [0, 0.05) is 24.4 Å². The quantitative estimate of drug-likeness (QED) is 0.676. The van der Waals surface area contributed by atoms with Crippen LogP contribution in [0.5, 0.6) is 0 Å². The summed E-state index contributed by atoms with van der Waals surface area (Å²) >= 11 is 0. The smallest absolute Gasteiger partial charge is 0.224 e. The summed E-state index contributed by atoms with van der Waals surface area (Å²) in [4.78, 5) is 19.6. The number of carbonyl (C=O) groups is 1. The van der Waals surface area contributed by atoms with Crippen LogP contribution < -0.4 is 5.32 Å². The average Bonchev–Trinajstić information content (AvgIpc) is 3.10. The van der Waals surface area contributed by atoms with Crippen molar-refractivity contribution in [1.29, 1.82) is 0 Å². The lowest BCUT2D eigenvalue weighted by Gasteiger charge is -2.40. The number of pyridine rings is 1. The van der Waals surface area contributed by atoms with Gasteiger partial charge < -0.3 is 5.32 Å². The van der Waals surface area contributed by atoms with Crippen molar-refractivity contribution in [2.45, 2.75) is 43.7 Å². The summed E-state index contributed by atoms with van der Waals surface area (Å²) < 4.78 is 0. The fourth-order valence-electron chi connectivity index (χ4n) is 5.41. The maximum Gasteiger partial charge on any atom is 0.224 e.